The molecule has 0 aliphatic carbocycles. The van der Waals surface area contributed by atoms with E-state index >= 15 is 0 Å². The Morgan fingerprint density at radius 3 is 2.41 bits per heavy atom. The van der Waals surface area contributed by atoms with Crippen molar-refractivity contribution in [3.8, 4) is 0 Å². The Hall–Kier alpha value is -3.39. The summed E-state index contributed by atoms with van der Waals surface area (Å²) in [5.41, 5.74) is 4.04. The lowest BCUT2D eigenvalue weighted by molar-refractivity contribution is 0.148. The molecule has 4 aromatic rings. The van der Waals surface area contributed by atoms with Crippen molar-refractivity contribution in [2.45, 2.75) is 6.54 Å². The lowest BCUT2D eigenvalue weighted by Crippen LogP contribution is -2.43. The fraction of sp³-hybridized carbons (Fsp3) is 0.308. The number of hydrogen-bond donors (Lipinski definition) is 2. The Labute approximate surface area is 236 Å². The standard InChI is InChI=1S/C26H30BrN9O2S/c1-34-12-14-36(15-13-34)17-18-4-6-19(7-5-18)31-26-30-16-20(27)25(33-26)32-22-9-8-21-23(29-11-10-28-21)24(22)35(2)39(3,37)38/h4-11,16H,12-15,17H2,1-3H3,(H2,30,31,32,33). The van der Waals surface area contributed by atoms with Gasteiger partial charge in [0, 0.05) is 64.0 Å². The quantitative estimate of drug-likeness (QED) is 0.304. The zero-order chi connectivity index (χ0) is 27.6. The molecule has 0 radical (unpaired) electrons. The monoisotopic (exact) mass is 611 g/mol. The maximum atomic E-state index is 12.5. The molecule has 3 heterocycles. The second-order valence-corrected chi connectivity index (χ2v) is 12.4. The van der Waals surface area contributed by atoms with Crippen molar-refractivity contribution >= 4 is 65.8 Å². The van der Waals surface area contributed by atoms with E-state index in [0.717, 1.165) is 44.7 Å². The van der Waals surface area contributed by atoms with Crippen LogP contribution in [-0.4, -0.2) is 84.7 Å². The minimum absolute atomic E-state index is 0.374. The van der Waals surface area contributed by atoms with Crippen molar-refractivity contribution in [3.05, 3.63) is 65.0 Å². The average molecular weight is 613 g/mol. The van der Waals surface area contributed by atoms with Gasteiger partial charge in [0.05, 0.1) is 21.9 Å². The third-order valence-electron chi connectivity index (χ3n) is 6.64. The Morgan fingerprint density at radius 2 is 1.69 bits per heavy atom. The number of nitrogens with zero attached hydrogens (tertiary/aromatic N) is 7. The number of sulfonamides is 1. The van der Waals surface area contributed by atoms with Crippen molar-refractivity contribution in [2.24, 2.45) is 0 Å². The minimum Gasteiger partial charge on any atom is -0.337 e. The molecule has 0 amide bonds. The normalized spacial score (nSPS) is 14.9. The van der Waals surface area contributed by atoms with Gasteiger partial charge in [-0.2, -0.15) is 4.98 Å². The van der Waals surface area contributed by atoms with Gasteiger partial charge in [0.2, 0.25) is 16.0 Å². The van der Waals surface area contributed by atoms with Crippen molar-refractivity contribution in [1.82, 2.24) is 29.7 Å². The first-order valence-corrected chi connectivity index (χ1v) is 15.1. The minimum atomic E-state index is -3.57. The van der Waals surface area contributed by atoms with Crippen LogP contribution in [0.2, 0.25) is 0 Å². The van der Waals surface area contributed by atoms with Crippen LogP contribution in [0.5, 0.6) is 0 Å². The number of hydrogen-bond acceptors (Lipinski definition) is 10. The van der Waals surface area contributed by atoms with Crippen molar-refractivity contribution in [2.75, 3.05) is 61.5 Å². The molecule has 1 saturated heterocycles. The van der Waals surface area contributed by atoms with E-state index in [1.165, 1.54) is 23.1 Å². The van der Waals surface area contributed by atoms with Gasteiger partial charge in [0.1, 0.15) is 17.0 Å². The molecule has 0 bridgehead atoms. The zero-order valence-corrected chi connectivity index (χ0v) is 24.4. The third-order valence-corrected chi connectivity index (χ3v) is 8.39. The summed E-state index contributed by atoms with van der Waals surface area (Å²) in [5, 5.41) is 6.50. The van der Waals surface area contributed by atoms with E-state index in [-0.39, 0.29) is 0 Å². The maximum absolute atomic E-state index is 12.5. The fourth-order valence-electron chi connectivity index (χ4n) is 4.34. The smallest absolute Gasteiger partial charge is 0.232 e. The molecule has 2 N–H and O–H groups in total. The molecule has 2 aromatic heterocycles. The second kappa shape index (κ2) is 11.4. The van der Waals surface area contributed by atoms with E-state index in [4.69, 9.17) is 0 Å². The molecule has 1 aliphatic rings. The number of aromatic nitrogens is 4. The highest BCUT2D eigenvalue weighted by molar-refractivity contribution is 9.10. The molecular formula is C26H30BrN9O2S. The highest BCUT2D eigenvalue weighted by atomic mass is 79.9. The van der Waals surface area contributed by atoms with Gasteiger partial charge in [-0.05, 0) is 52.8 Å². The Morgan fingerprint density at radius 1 is 0.974 bits per heavy atom. The first-order valence-electron chi connectivity index (χ1n) is 12.4. The van der Waals surface area contributed by atoms with Gasteiger partial charge in [0.25, 0.3) is 0 Å². The molecule has 2 aromatic carbocycles. The first kappa shape index (κ1) is 27.2. The van der Waals surface area contributed by atoms with Crippen LogP contribution in [-0.2, 0) is 16.6 Å². The van der Waals surface area contributed by atoms with E-state index in [1.807, 2.05) is 12.1 Å². The molecule has 13 heteroatoms. The number of nitrogens with one attached hydrogen (secondary N) is 2. The largest absolute Gasteiger partial charge is 0.337 e. The lowest BCUT2D eigenvalue weighted by Gasteiger charge is -2.32. The van der Waals surface area contributed by atoms with E-state index in [9.17, 15) is 8.42 Å². The predicted molar refractivity (Wildman–Crippen MR) is 158 cm³/mol. The van der Waals surface area contributed by atoms with Gasteiger partial charge in [-0.15, -0.1) is 0 Å². The summed E-state index contributed by atoms with van der Waals surface area (Å²) in [6.45, 7) is 5.26. The molecule has 5 rings (SSSR count). The van der Waals surface area contributed by atoms with Gasteiger partial charge in [0.15, 0.2) is 0 Å². The molecule has 1 fully saturated rings. The van der Waals surface area contributed by atoms with Crippen molar-refractivity contribution in [1.29, 1.82) is 0 Å². The number of halogens is 1. The number of fused-ring (bicyclic) bond motifs is 1. The molecule has 0 atom stereocenters. The molecule has 0 unspecified atom stereocenters. The van der Waals surface area contributed by atoms with Crippen LogP contribution in [0.1, 0.15) is 5.56 Å². The number of benzene rings is 2. The summed E-state index contributed by atoms with van der Waals surface area (Å²) in [5.74, 6) is 0.858. The Kier molecular flexibility index (Phi) is 7.93. The lowest BCUT2D eigenvalue weighted by atomic mass is 10.2. The van der Waals surface area contributed by atoms with Crippen LogP contribution in [0.15, 0.2) is 59.5 Å². The molecule has 39 heavy (non-hydrogen) atoms. The summed E-state index contributed by atoms with van der Waals surface area (Å²) in [6, 6.07) is 11.8. The van der Waals surface area contributed by atoms with Crippen LogP contribution >= 0.6 is 15.9 Å². The van der Waals surface area contributed by atoms with Gasteiger partial charge in [-0.25, -0.2) is 13.4 Å². The van der Waals surface area contributed by atoms with E-state index < -0.39 is 10.0 Å². The van der Waals surface area contributed by atoms with E-state index in [1.54, 1.807) is 24.5 Å². The second-order valence-electron chi connectivity index (χ2n) is 9.53. The number of likely N-dealkylation sites (N-methyl/N-ethyl adjacent to an activating group) is 1. The highest BCUT2D eigenvalue weighted by Gasteiger charge is 2.21. The van der Waals surface area contributed by atoms with Crippen LogP contribution in [0.4, 0.5) is 28.8 Å². The summed E-state index contributed by atoms with van der Waals surface area (Å²) < 4.78 is 26.7. The van der Waals surface area contributed by atoms with E-state index in [0.29, 0.717) is 38.6 Å². The summed E-state index contributed by atoms with van der Waals surface area (Å²) >= 11 is 3.50. The Balaban J connectivity index is 1.36. The van der Waals surface area contributed by atoms with Gasteiger partial charge >= 0.3 is 0 Å². The molecule has 0 spiro atoms. The summed E-state index contributed by atoms with van der Waals surface area (Å²) in [4.78, 5) is 22.5. The Bertz CT molecular complexity index is 1580. The maximum Gasteiger partial charge on any atom is 0.232 e. The van der Waals surface area contributed by atoms with Crippen LogP contribution < -0.4 is 14.9 Å². The van der Waals surface area contributed by atoms with Gasteiger partial charge in [-0.1, -0.05) is 12.1 Å². The molecule has 204 valence electrons. The molecule has 0 saturated carbocycles. The topological polar surface area (TPSA) is 119 Å². The van der Waals surface area contributed by atoms with Crippen LogP contribution in [0.25, 0.3) is 11.0 Å². The average Bonchev–Trinajstić information content (AvgIpc) is 2.92. The highest BCUT2D eigenvalue weighted by Crippen LogP contribution is 2.36. The third kappa shape index (κ3) is 6.44. The zero-order valence-electron chi connectivity index (χ0n) is 22.0. The molecule has 1 aliphatic heterocycles. The molecule has 11 nitrogen and oxygen atoms in total. The van der Waals surface area contributed by atoms with Crippen molar-refractivity contribution < 1.29 is 8.42 Å². The van der Waals surface area contributed by atoms with Crippen molar-refractivity contribution in [3.63, 3.8) is 0 Å². The first-order chi connectivity index (χ1) is 18.7. The predicted octanol–water partition coefficient (Wildman–Crippen LogP) is 3.81. The van der Waals surface area contributed by atoms with Gasteiger partial charge < -0.3 is 15.5 Å². The number of piperazine rings is 1. The summed E-state index contributed by atoms with van der Waals surface area (Å²) in [6.07, 6.45) is 5.88. The number of anilines is 5. The summed E-state index contributed by atoms with van der Waals surface area (Å²) in [7, 11) is 0.0715. The SMILES string of the molecule is CN1CCN(Cc2ccc(Nc3ncc(Br)c(Nc4ccc5nccnc5c4N(C)S(C)(=O)=O)n3)cc2)CC1. The number of rotatable bonds is 8. The van der Waals surface area contributed by atoms with E-state index in [2.05, 4.69) is 75.5 Å². The van der Waals surface area contributed by atoms with Crippen LogP contribution in [0, 0.1) is 0 Å². The van der Waals surface area contributed by atoms with Crippen LogP contribution in [0.3, 0.4) is 0 Å². The fourth-order valence-corrected chi connectivity index (χ4v) is 5.14. The van der Waals surface area contributed by atoms with Gasteiger partial charge in [-0.3, -0.25) is 19.2 Å². The molecular weight excluding hydrogens is 582 g/mol.